The van der Waals surface area contributed by atoms with Crippen molar-refractivity contribution in [2.45, 2.75) is 20.0 Å². The summed E-state index contributed by atoms with van der Waals surface area (Å²) in [5.41, 5.74) is 0.193. The van der Waals surface area contributed by atoms with Crippen molar-refractivity contribution in [3.05, 3.63) is 12.2 Å². The van der Waals surface area contributed by atoms with E-state index in [4.69, 9.17) is 5.11 Å². The van der Waals surface area contributed by atoms with E-state index in [0.29, 0.717) is 0 Å². The molecule has 0 bridgehead atoms. The number of carbonyl (C=O) groups is 2. The molecule has 0 heterocycles. The minimum absolute atomic E-state index is 0.193. The van der Waals surface area contributed by atoms with E-state index in [0.717, 1.165) is 0 Å². The smallest absolute Gasteiger partial charge is 0.344 e. The predicted molar refractivity (Wildman–Crippen MR) is 38.0 cm³/mol. The van der Waals surface area contributed by atoms with E-state index in [1.807, 2.05) is 0 Å². The summed E-state index contributed by atoms with van der Waals surface area (Å²) in [7, 11) is 0. The van der Waals surface area contributed by atoms with E-state index >= 15 is 0 Å². The molecule has 0 saturated carbocycles. The number of rotatable bonds is 3. The molecule has 0 aromatic carbocycles. The fourth-order valence-electron chi connectivity index (χ4n) is 0.312. The van der Waals surface area contributed by atoms with Crippen LogP contribution in [0.15, 0.2) is 12.2 Å². The number of aliphatic carboxylic acids is 1. The summed E-state index contributed by atoms with van der Waals surface area (Å²) >= 11 is 0. The minimum atomic E-state index is -1.17. The van der Waals surface area contributed by atoms with Crippen LogP contribution in [0.3, 0.4) is 0 Å². The van der Waals surface area contributed by atoms with Gasteiger partial charge in [0.15, 0.2) is 6.10 Å². The lowest BCUT2D eigenvalue weighted by atomic mass is 10.3. The lowest BCUT2D eigenvalue weighted by Crippen LogP contribution is -2.23. The van der Waals surface area contributed by atoms with E-state index in [9.17, 15) is 9.59 Å². The van der Waals surface area contributed by atoms with Crippen LogP contribution < -0.4 is 0 Å². The summed E-state index contributed by atoms with van der Waals surface area (Å²) in [6.07, 6.45) is -1.11. The van der Waals surface area contributed by atoms with Crippen molar-refractivity contribution >= 4 is 11.9 Å². The summed E-state index contributed by atoms with van der Waals surface area (Å²) in [6, 6.07) is 0. The molecule has 1 atom stereocenters. The summed E-state index contributed by atoms with van der Waals surface area (Å²) in [5, 5.41) is 8.31. The Balaban J connectivity index is 3.95. The van der Waals surface area contributed by atoms with Crippen molar-refractivity contribution in [1.82, 2.24) is 0 Å². The van der Waals surface area contributed by atoms with Crippen molar-refractivity contribution < 1.29 is 19.4 Å². The molecule has 0 fully saturated rings. The summed E-state index contributed by atoms with van der Waals surface area (Å²) in [6.45, 7) is 6.04. The lowest BCUT2D eigenvalue weighted by Gasteiger charge is -2.07. The van der Waals surface area contributed by atoms with Gasteiger partial charge in [-0.1, -0.05) is 6.58 Å². The van der Waals surface area contributed by atoms with Crippen LogP contribution in [0.2, 0.25) is 0 Å². The second-order valence-electron chi connectivity index (χ2n) is 2.17. The van der Waals surface area contributed by atoms with Gasteiger partial charge >= 0.3 is 11.9 Å². The number of carboxylic acid groups (broad SMARTS) is 1. The van der Waals surface area contributed by atoms with Crippen LogP contribution in [0.1, 0.15) is 13.8 Å². The fourth-order valence-corrected chi connectivity index (χ4v) is 0.312. The molecule has 1 unspecified atom stereocenters. The van der Waals surface area contributed by atoms with Crippen LogP contribution in [-0.4, -0.2) is 23.1 Å². The molecule has 0 aromatic heterocycles. The molecule has 0 rings (SSSR count). The Bertz CT molecular complexity index is 195. The largest absolute Gasteiger partial charge is 0.479 e. The summed E-state index contributed by atoms with van der Waals surface area (Å²) in [5.74, 6) is -1.85. The zero-order valence-electron chi connectivity index (χ0n) is 6.46. The quantitative estimate of drug-likeness (QED) is 0.482. The van der Waals surface area contributed by atoms with E-state index in [1.54, 1.807) is 0 Å². The van der Waals surface area contributed by atoms with E-state index in [-0.39, 0.29) is 5.57 Å². The van der Waals surface area contributed by atoms with Crippen LogP contribution in [0.5, 0.6) is 0 Å². The number of ether oxygens (including phenoxy) is 1. The van der Waals surface area contributed by atoms with Gasteiger partial charge in [0.05, 0.1) is 0 Å². The van der Waals surface area contributed by atoms with Gasteiger partial charge in [-0.05, 0) is 13.8 Å². The van der Waals surface area contributed by atoms with Crippen LogP contribution in [0.25, 0.3) is 0 Å². The lowest BCUT2D eigenvalue weighted by molar-refractivity contribution is -0.159. The Morgan fingerprint density at radius 3 is 2.27 bits per heavy atom. The molecule has 0 spiro atoms. The first-order valence-electron chi connectivity index (χ1n) is 3.04. The van der Waals surface area contributed by atoms with Gasteiger partial charge < -0.3 is 9.84 Å². The highest BCUT2D eigenvalue weighted by atomic mass is 16.6. The van der Waals surface area contributed by atoms with E-state index in [1.165, 1.54) is 13.8 Å². The van der Waals surface area contributed by atoms with Crippen LogP contribution in [0, 0.1) is 0 Å². The molecule has 11 heavy (non-hydrogen) atoms. The zero-order valence-corrected chi connectivity index (χ0v) is 6.46. The van der Waals surface area contributed by atoms with E-state index in [2.05, 4.69) is 11.3 Å². The van der Waals surface area contributed by atoms with Crippen molar-refractivity contribution in [3.8, 4) is 0 Å². The Morgan fingerprint density at radius 2 is 2.00 bits per heavy atom. The number of hydrogen-bond donors (Lipinski definition) is 1. The maximum atomic E-state index is 10.7. The molecule has 0 aliphatic heterocycles. The number of hydrogen-bond acceptors (Lipinski definition) is 3. The first-order chi connectivity index (χ1) is 4.95. The second kappa shape index (κ2) is 3.75. The Morgan fingerprint density at radius 1 is 1.55 bits per heavy atom. The minimum Gasteiger partial charge on any atom is -0.479 e. The topological polar surface area (TPSA) is 63.6 Å². The molecule has 0 aromatic rings. The highest BCUT2D eigenvalue weighted by molar-refractivity contribution is 5.89. The molecule has 0 saturated heterocycles. The van der Waals surface area contributed by atoms with Gasteiger partial charge in [-0.3, -0.25) is 0 Å². The van der Waals surface area contributed by atoms with Gasteiger partial charge in [0.1, 0.15) is 0 Å². The van der Waals surface area contributed by atoms with Crippen molar-refractivity contribution in [2.24, 2.45) is 0 Å². The van der Waals surface area contributed by atoms with Crippen molar-refractivity contribution in [2.75, 3.05) is 0 Å². The molecule has 0 amide bonds. The molecule has 0 aliphatic rings. The Labute approximate surface area is 64.5 Å². The predicted octanol–water partition coefficient (Wildman–Crippen LogP) is 0.579. The molecular formula is C7H10O4. The number of carbonyl (C=O) groups excluding carboxylic acids is 1. The fraction of sp³-hybridized carbons (Fsp3) is 0.429. The SMILES string of the molecule is C=C(C)C(=O)OC(C)C(=O)O. The molecule has 0 radical (unpaired) electrons. The van der Waals surface area contributed by atoms with Crippen LogP contribution in [0.4, 0.5) is 0 Å². The van der Waals surface area contributed by atoms with Crippen molar-refractivity contribution in [1.29, 1.82) is 0 Å². The van der Waals surface area contributed by atoms with Gasteiger partial charge in [-0.2, -0.15) is 0 Å². The maximum absolute atomic E-state index is 10.7. The third-order valence-electron chi connectivity index (χ3n) is 0.980. The molecule has 0 aliphatic carbocycles. The Kier molecular flexibility index (Phi) is 3.30. The highest BCUT2D eigenvalue weighted by Gasteiger charge is 2.15. The average molecular weight is 158 g/mol. The molecule has 4 nitrogen and oxygen atoms in total. The van der Waals surface area contributed by atoms with Gasteiger partial charge in [0, 0.05) is 5.57 Å². The maximum Gasteiger partial charge on any atom is 0.344 e. The number of carboxylic acids is 1. The zero-order chi connectivity index (χ0) is 9.02. The van der Waals surface area contributed by atoms with Crippen molar-refractivity contribution in [3.63, 3.8) is 0 Å². The van der Waals surface area contributed by atoms with Gasteiger partial charge in [0.2, 0.25) is 0 Å². The van der Waals surface area contributed by atoms with E-state index < -0.39 is 18.0 Å². The molecular weight excluding hydrogens is 148 g/mol. The highest BCUT2D eigenvalue weighted by Crippen LogP contribution is 1.97. The average Bonchev–Trinajstić information content (AvgIpc) is 1.87. The third-order valence-corrected chi connectivity index (χ3v) is 0.980. The van der Waals surface area contributed by atoms with Gasteiger partial charge in [-0.15, -0.1) is 0 Å². The standard InChI is InChI=1S/C7H10O4/c1-4(2)7(10)11-5(3)6(8)9/h5H,1H2,2-3H3,(H,8,9). The first kappa shape index (κ1) is 9.68. The first-order valence-corrected chi connectivity index (χ1v) is 3.04. The number of esters is 1. The van der Waals surface area contributed by atoms with Gasteiger partial charge in [0.25, 0.3) is 0 Å². The van der Waals surface area contributed by atoms with Crippen LogP contribution in [-0.2, 0) is 14.3 Å². The molecule has 4 heteroatoms. The Hall–Kier alpha value is -1.32. The molecule has 62 valence electrons. The van der Waals surface area contributed by atoms with Gasteiger partial charge in [-0.25, -0.2) is 9.59 Å². The summed E-state index contributed by atoms with van der Waals surface area (Å²) < 4.78 is 4.44. The monoisotopic (exact) mass is 158 g/mol. The third kappa shape index (κ3) is 3.40. The normalized spacial score (nSPS) is 11.8. The second-order valence-corrected chi connectivity index (χ2v) is 2.17. The summed E-state index contributed by atoms with van der Waals surface area (Å²) in [4.78, 5) is 20.8. The van der Waals surface area contributed by atoms with Crippen LogP contribution >= 0.6 is 0 Å². The molecule has 1 N–H and O–H groups in total.